The molecule has 2 N–H and O–H groups in total. The van der Waals surface area contributed by atoms with Gasteiger partial charge in [-0.1, -0.05) is 36.4 Å². The van der Waals surface area contributed by atoms with Gasteiger partial charge in [0, 0.05) is 24.3 Å². The molecule has 1 fully saturated rings. The number of para-hydroxylation sites is 2. The zero-order valence-electron chi connectivity index (χ0n) is 12.0. The fourth-order valence-corrected chi connectivity index (χ4v) is 2.89. The number of carbonyl (C=O) groups is 1. The van der Waals surface area contributed by atoms with Gasteiger partial charge >= 0.3 is 0 Å². The van der Waals surface area contributed by atoms with Crippen molar-refractivity contribution in [1.82, 2.24) is 10.0 Å². The summed E-state index contributed by atoms with van der Waals surface area (Å²) in [6.45, 7) is 2.11. The molecule has 4 heteroatoms. The van der Waals surface area contributed by atoms with Crippen LogP contribution in [0.25, 0.3) is 0 Å². The minimum atomic E-state index is -0.786. The van der Waals surface area contributed by atoms with Gasteiger partial charge in [-0.25, -0.2) is 0 Å². The molecule has 0 aliphatic carbocycles. The molecule has 0 spiro atoms. The lowest BCUT2D eigenvalue weighted by molar-refractivity contribution is -0.128. The van der Waals surface area contributed by atoms with Crippen LogP contribution in [0, 0.1) is 5.41 Å². The highest BCUT2D eigenvalue weighted by atomic mass is 16.3. The van der Waals surface area contributed by atoms with Crippen molar-refractivity contribution in [1.29, 1.82) is 0 Å². The van der Waals surface area contributed by atoms with Crippen LogP contribution in [0.4, 0.5) is 11.4 Å². The van der Waals surface area contributed by atoms with E-state index in [1.807, 2.05) is 60.7 Å². The lowest BCUT2D eigenvalue weighted by atomic mass is 9.91. The summed E-state index contributed by atoms with van der Waals surface area (Å²) in [7, 11) is 0. The van der Waals surface area contributed by atoms with E-state index in [1.165, 1.54) is 0 Å². The molecule has 2 aromatic rings. The maximum absolute atomic E-state index is 12.4. The highest BCUT2D eigenvalue weighted by molar-refractivity contribution is 5.88. The van der Waals surface area contributed by atoms with E-state index in [9.17, 15) is 9.90 Å². The Morgan fingerprint density at radius 3 is 1.90 bits per heavy atom. The monoisotopic (exact) mass is 283 g/mol. The number of hydrogen-bond donors (Lipinski definition) is 2. The first-order valence-electron chi connectivity index (χ1n) is 7.04. The summed E-state index contributed by atoms with van der Waals surface area (Å²) in [5, 5.41) is 9.65. The number of hydrogen-bond acceptors (Lipinski definition) is 2. The topological polar surface area (TPSA) is 49.3 Å². The molecule has 1 aliphatic heterocycles. The van der Waals surface area contributed by atoms with Crippen LogP contribution in [0.1, 0.15) is 6.92 Å². The Kier molecular flexibility index (Phi) is 3.27. The van der Waals surface area contributed by atoms with Gasteiger partial charge in [-0.3, -0.25) is 4.79 Å². The smallest absolute Gasteiger partial charge is 0.279 e. The van der Waals surface area contributed by atoms with Gasteiger partial charge < -0.3 is 5.11 Å². The Morgan fingerprint density at radius 2 is 1.52 bits per heavy atom. The van der Waals surface area contributed by atoms with Gasteiger partial charge in [-0.2, -0.15) is 10.0 Å². The molecule has 1 amide bonds. The quantitative estimate of drug-likeness (QED) is 0.850. The van der Waals surface area contributed by atoms with Crippen molar-refractivity contribution < 1.29 is 9.90 Å². The maximum atomic E-state index is 12.4. The Hall–Kier alpha value is -2.17. The highest BCUT2D eigenvalue weighted by Gasteiger charge is 2.55. The van der Waals surface area contributed by atoms with Crippen molar-refractivity contribution in [3.05, 3.63) is 60.7 Å². The van der Waals surface area contributed by atoms with Crippen molar-refractivity contribution >= 4 is 17.3 Å². The third kappa shape index (κ3) is 2.13. The molecule has 21 heavy (non-hydrogen) atoms. The number of carbonyl (C=O) groups excluding carboxylic acids is 1. The molecule has 0 bridgehead atoms. The molecule has 0 radical (unpaired) electrons. The van der Waals surface area contributed by atoms with E-state index in [0.29, 0.717) is 6.54 Å². The van der Waals surface area contributed by atoms with Gasteiger partial charge in [0.25, 0.3) is 5.91 Å². The standard InChI is InChI=1S/C17H18N2O2/c1-17(13-20)12-19(18-16(17)21,14-8-4-2-5-9-14)15-10-6-3-7-11-15/h2-11,20H,12-13H2,1H3/p+1. The lowest BCUT2D eigenvalue weighted by Gasteiger charge is -2.32. The fraction of sp³-hybridized carbons (Fsp3) is 0.235. The third-order valence-electron chi connectivity index (χ3n) is 4.17. The van der Waals surface area contributed by atoms with Crippen LogP contribution in [0.2, 0.25) is 0 Å². The molecular formula is C17H19N2O2+. The molecule has 1 aliphatic rings. The van der Waals surface area contributed by atoms with E-state index in [4.69, 9.17) is 0 Å². The summed E-state index contributed by atoms with van der Waals surface area (Å²) >= 11 is 0. The lowest BCUT2D eigenvalue weighted by Crippen LogP contribution is -2.51. The number of rotatable bonds is 3. The van der Waals surface area contributed by atoms with Crippen LogP contribution in [0.15, 0.2) is 60.7 Å². The predicted octanol–water partition coefficient (Wildman–Crippen LogP) is 2.37. The first-order chi connectivity index (χ1) is 10.1. The van der Waals surface area contributed by atoms with Gasteiger partial charge in [0.1, 0.15) is 12.0 Å². The van der Waals surface area contributed by atoms with E-state index in [0.717, 1.165) is 11.4 Å². The van der Waals surface area contributed by atoms with Crippen molar-refractivity contribution in [3.63, 3.8) is 0 Å². The van der Waals surface area contributed by atoms with Crippen LogP contribution in [-0.4, -0.2) is 24.2 Å². The molecule has 0 aromatic heterocycles. The minimum Gasteiger partial charge on any atom is -0.395 e. The Morgan fingerprint density at radius 1 is 1.05 bits per heavy atom. The molecule has 0 saturated carbocycles. The first kappa shape index (κ1) is 13.8. The molecule has 1 heterocycles. The number of quaternary nitrogens is 1. The van der Waals surface area contributed by atoms with Crippen LogP contribution >= 0.6 is 0 Å². The average Bonchev–Trinajstić information content (AvgIpc) is 2.83. The van der Waals surface area contributed by atoms with Gasteiger partial charge in [0.2, 0.25) is 0 Å². The largest absolute Gasteiger partial charge is 0.395 e. The number of nitrogens with one attached hydrogen (secondary N) is 1. The maximum Gasteiger partial charge on any atom is 0.279 e. The van der Waals surface area contributed by atoms with E-state index in [2.05, 4.69) is 5.43 Å². The molecule has 1 atom stereocenters. The second-order valence-electron chi connectivity index (χ2n) is 5.80. The van der Waals surface area contributed by atoms with Crippen molar-refractivity contribution in [3.8, 4) is 0 Å². The van der Waals surface area contributed by atoms with Crippen LogP contribution in [0.3, 0.4) is 0 Å². The average molecular weight is 283 g/mol. The summed E-state index contributed by atoms with van der Waals surface area (Å²) < 4.78 is 0.234. The number of benzene rings is 2. The molecule has 3 rings (SSSR count). The predicted molar refractivity (Wildman–Crippen MR) is 82.5 cm³/mol. The normalized spacial score (nSPS) is 23.8. The summed E-state index contributed by atoms with van der Waals surface area (Å²) in [4.78, 5) is 12.4. The zero-order chi connectivity index (χ0) is 14.9. The molecule has 2 aromatic carbocycles. The van der Waals surface area contributed by atoms with Crippen LogP contribution in [-0.2, 0) is 4.79 Å². The highest BCUT2D eigenvalue weighted by Crippen LogP contribution is 2.40. The van der Waals surface area contributed by atoms with E-state index in [1.54, 1.807) is 6.92 Å². The van der Waals surface area contributed by atoms with E-state index >= 15 is 0 Å². The van der Waals surface area contributed by atoms with E-state index < -0.39 is 5.41 Å². The van der Waals surface area contributed by atoms with Crippen molar-refractivity contribution in [2.75, 3.05) is 13.2 Å². The van der Waals surface area contributed by atoms with Gasteiger partial charge in [-0.05, 0) is 6.92 Å². The Balaban J connectivity index is 2.17. The number of aliphatic hydroxyl groups is 1. The van der Waals surface area contributed by atoms with Crippen molar-refractivity contribution in [2.24, 2.45) is 5.41 Å². The Labute approximate surface area is 124 Å². The second kappa shape index (κ2) is 4.98. The minimum absolute atomic E-state index is 0.127. The third-order valence-corrected chi connectivity index (χ3v) is 4.17. The van der Waals surface area contributed by atoms with Gasteiger partial charge in [0.05, 0.1) is 6.61 Å². The van der Waals surface area contributed by atoms with Crippen molar-refractivity contribution in [2.45, 2.75) is 6.92 Å². The van der Waals surface area contributed by atoms with Crippen LogP contribution < -0.4 is 10.0 Å². The number of amides is 1. The summed E-state index contributed by atoms with van der Waals surface area (Å²) in [5.41, 5.74) is 4.26. The SMILES string of the molecule is CC1(CO)C[N+](c2ccccc2)(c2ccccc2)NC1=O. The molecular weight excluding hydrogens is 264 g/mol. The zero-order valence-corrected chi connectivity index (χ0v) is 12.0. The summed E-state index contributed by atoms with van der Waals surface area (Å²) in [5.74, 6) is -0.127. The molecule has 1 unspecified atom stereocenters. The second-order valence-corrected chi connectivity index (χ2v) is 5.80. The molecule has 4 nitrogen and oxygen atoms in total. The summed E-state index contributed by atoms with van der Waals surface area (Å²) in [6, 6.07) is 19.7. The Bertz CT molecular complexity index is 603. The number of nitrogens with zero attached hydrogens (tertiary/aromatic N) is 1. The van der Waals surface area contributed by atoms with Crippen LogP contribution in [0.5, 0.6) is 0 Å². The van der Waals surface area contributed by atoms with Gasteiger partial charge in [0.15, 0.2) is 11.4 Å². The van der Waals surface area contributed by atoms with E-state index in [-0.39, 0.29) is 17.1 Å². The first-order valence-corrected chi connectivity index (χ1v) is 7.04. The fourth-order valence-electron chi connectivity index (χ4n) is 2.89. The number of aliphatic hydroxyl groups excluding tert-OH is 1. The molecule has 108 valence electrons. The summed E-state index contributed by atoms with van der Waals surface area (Å²) in [6.07, 6.45) is 0. The van der Waals surface area contributed by atoms with Gasteiger partial charge in [-0.15, -0.1) is 0 Å². The molecule has 1 saturated heterocycles.